The van der Waals surface area contributed by atoms with Gasteiger partial charge in [0.15, 0.2) is 0 Å². The van der Waals surface area contributed by atoms with Gasteiger partial charge in [0, 0.05) is 17.0 Å². The maximum absolute atomic E-state index is 11.3. The first-order valence-corrected chi connectivity index (χ1v) is 9.22. The zero-order valence-corrected chi connectivity index (χ0v) is 15.6. The molecule has 1 atom stereocenters. The fourth-order valence-corrected chi connectivity index (χ4v) is 3.25. The van der Waals surface area contributed by atoms with Crippen LogP contribution in [-0.4, -0.2) is 26.5 Å². The number of rotatable bonds is 6. The predicted octanol–water partition coefficient (Wildman–Crippen LogP) is 4.62. The van der Waals surface area contributed by atoms with Crippen LogP contribution in [0.3, 0.4) is 0 Å². The molecule has 5 heteroatoms. The van der Waals surface area contributed by atoms with Crippen LogP contribution in [0.25, 0.3) is 22.5 Å². The van der Waals surface area contributed by atoms with E-state index in [9.17, 15) is 4.79 Å². The molecule has 0 bridgehead atoms. The van der Waals surface area contributed by atoms with Gasteiger partial charge >= 0.3 is 0 Å². The molecule has 0 amide bonds. The van der Waals surface area contributed by atoms with Crippen LogP contribution in [0.2, 0.25) is 0 Å². The second kappa shape index (κ2) is 7.96. The summed E-state index contributed by atoms with van der Waals surface area (Å²) in [7, 11) is 0. The molecule has 4 rings (SSSR count). The summed E-state index contributed by atoms with van der Waals surface area (Å²) >= 11 is 0. The topological polar surface area (TPSA) is 60.7 Å². The Kier molecular flexibility index (Phi) is 5.06. The van der Waals surface area contributed by atoms with Crippen molar-refractivity contribution >= 4 is 6.29 Å². The van der Waals surface area contributed by atoms with Gasteiger partial charge in [-0.2, -0.15) is 4.80 Å². The number of aldehydes is 1. The van der Waals surface area contributed by atoms with E-state index in [1.165, 1.54) is 5.56 Å². The van der Waals surface area contributed by atoms with E-state index in [1.807, 2.05) is 60.7 Å². The molecule has 0 aliphatic carbocycles. The number of benzene rings is 3. The Morgan fingerprint density at radius 2 is 1.64 bits per heavy atom. The Bertz CT molecular complexity index is 1070. The molecule has 3 aromatic carbocycles. The first kappa shape index (κ1) is 17.8. The molecule has 0 aliphatic heterocycles. The van der Waals surface area contributed by atoms with Crippen LogP contribution < -0.4 is 0 Å². The van der Waals surface area contributed by atoms with Crippen LogP contribution in [0, 0.1) is 0 Å². The predicted molar refractivity (Wildman–Crippen MR) is 109 cm³/mol. The van der Waals surface area contributed by atoms with Crippen LogP contribution in [0.4, 0.5) is 0 Å². The minimum Gasteiger partial charge on any atom is -0.298 e. The average molecular weight is 368 g/mol. The van der Waals surface area contributed by atoms with Crippen molar-refractivity contribution in [2.24, 2.45) is 0 Å². The number of aromatic nitrogens is 4. The molecule has 0 spiro atoms. The highest BCUT2D eigenvalue weighted by Gasteiger charge is 2.15. The molecular weight excluding hydrogens is 348 g/mol. The largest absolute Gasteiger partial charge is 0.298 e. The average Bonchev–Trinajstić information content (AvgIpc) is 3.23. The summed E-state index contributed by atoms with van der Waals surface area (Å²) < 4.78 is 0. The number of carbonyl (C=O) groups excluding carboxylic acids is 1. The summed E-state index contributed by atoms with van der Waals surface area (Å²) in [6, 6.07) is 25.8. The number of tetrazole rings is 1. The molecule has 5 nitrogen and oxygen atoms in total. The molecule has 0 N–H and O–H groups in total. The second-order valence-corrected chi connectivity index (χ2v) is 6.77. The van der Waals surface area contributed by atoms with E-state index in [1.54, 1.807) is 10.9 Å². The minimum absolute atomic E-state index is 0.262. The minimum atomic E-state index is 0.262. The summed E-state index contributed by atoms with van der Waals surface area (Å²) in [4.78, 5) is 12.9. The summed E-state index contributed by atoms with van der Waals surface area (Å²) in [5.41, 5.74) is 4.64. The highest BCUT2D eigenvalue weighted by molar-refractivity contribution is 5.86. The lowest BCUT2D eigenvalue weighted by Crippen LogP contribution is -2.09. The summed E-state index contributed by atoms with van der Waals surface area (Å²) in [5, 5.41) is 13.1. The Labute approximate surface area is 163 Å². The smallest absolute Gasteiger partial charge is 0.205 e. The van der Waals surface area contributed by atoms with Crippen molar-refractivity contribution in [3.63, 3.8) is 0 Å². The third kappa shape index (κ3) is 3.74. The molecule has 1 heterocycles. The normalized spacial score (nSPS) is 11.9. The van der Waals surface area contributed by atoms with Crippen LogP contribution in [0.15, 0.2) is 78.9 Å². The van der Waals surface area contributed by atoms with Crippen molar-refractivity contribution in [1.82, 2.24) is 20.2 Å². The van der Waals surface area contributed by atoms with Gasteiger partial charge in [0.25, 0.3) is 0 Å². The van der Waals surface area contributed by atoms with E-state index in [0.717, 1.165) is 23.0 Å². The van der Waals surface area contributed by atoms with Gasteiger partial charge in [0.05, 0.1) is 6.54 Å². The van der Waals surface area contributed by atoms with Gasteiger partial charge in [-0.25, -0.2) is 0 Å². The quantitative estimate of drug-likeness (QED) is 0.466. The molecule has 138 valence electrons. The second-order valence-electron chi connectivity index (χ2n) is 6.77. The lowest BCUT2D eigenvalue weighted by Gasteiger charge is -2.10. The Morgan fingerprint density at radius 1 is 0.929 bits per heavy atom. The Morgan fingerprint density at radius 3 is 2.36 bits per heavy atom. The van der Waals surface area contributed by atoms with Crippen molar-refractivity contribution in [2.75, 3.05) is 0 Å². The standard InChI is InChI=1S/C23H20N4O/c1-17(19-8-4-2-5-9-19)15-27-25-23(24-26-27)22-14-18(16-28)12-13-21(22)20-10-6-3-7-11-20/h2-14,16-17H,15H2,1H3. The van der Waals surface area contributed by atoms with Crippen LogP contribution in [0.5, 0.6) is 0 Å². The monoisotopic (exact) mass is 368 g/mol. The zero-order valence-electron chi connectivity index (χ0n) is 15.6. The molecular formula is C23H20N4O. The van der Waals surface area contributed by atoms with Crippen molar-refractivity contribution < 1.29 is 4.79 Å². The fraction of sp³-hybridized carbons (Fsp3) is 0.130. The molecule has 0 radical (unpaired) electrons. The molecule has 0 saturated carbocycles. The summed E-state index contributed by atoms with van der Waals surface area (Å²) in [5.74, 6) is 0.779. The molecule has 0 saturated heterocycles. The van der Waals surface area contributed by atoms with E-state index >= 15 is 0 Å². The van der Waals surface area contributed by atoms with E-state index in [-0.39, 0.29) is 5.92 Å². The molecule has 1 aromatic heterocycles. The number of hydrogen-bond acceptors (Lipinski definition) is 4. The van der Waals surface area contributed by atoms with Gasteiger partial charge in [-0.3, -0.25) is 4.79 Å². The van der Waals surface area contributed by atoms with Gasteiger partial charge in [-0.1, -0.05) is 79.7 Å². The Balaban J connectivity index is 1.67. The van der Waals surface area contributed by atoms with Gasteiger partial charge in [0.2, 0.25) is 5.82 Å². The van der Waals surface area contributed by atoms with Crippen molar-refractivity contribution in [3.8, 4) is 22.5 Å². The van der Waals surface area contributed by atoms with E-state index < -0.39 is 0 Å². The van der Waals surface area contributed by atoms with E-state index in [2.05, 4.69) is 34.5 Å². The van der Waals surface area contributed by atoms with Crippen molar-refractivity contribution in [1.29, 1.82) is 0 Å². The zero-order chi connectivity index (χ0) is 19.3. The lowest BCUT2D eigenvalue weighted by molar-refractivity contribution is 0.112. The van der Waals surface area contributed by atoms with E-state index in [0.29, 0.717) is 17.9 Å². The maximum atomic E-state index is 11.3. The van der Waals surface area contributed by atoms with Crippen LogP contribution >= 0.6 is 0 Å². The number of nitrogens with zero attached hydrogens (tertiary/aromatic N) is 4. The number of hydrogen-bond donors (Lipinski definition) is 0. The molecule has 4 aromatic rings. The van der Waals surface area contributed by atoms with Gasteiger partial charge in [0.1, 0.15) is 6.29 Å². The third-order valence-corrected chi connectivity index (χ3v) is 4.76. The first-order valence-electron chi connectivity index (χ1n) is 9.22. The number of carbonyl (C=O) groups is 1. The van der Waals surface area contributed by atoms with Gasteiger partial charge in [-0.05, 0) is 28.0 Å². The SMILES string of the molecule is CC(Cn1nnc(-c2cc(C=O)ccc2-c2ccccc2)n1)c1ccccc1. The van der Waals surface area contributed by atoms with Crippen molar-refractivity contribution in [3.05, 3.63) is 90.0 Å². The van der Waals surface area contributed by atoms with Crippen molar-refractivity contribution in [2.45, 2.75) is 19.4 Å². The van der Waals surface area contributed by atoms with Crippen LogP contribution in [-0.2, 0) is 6.54 Å². The first-order chi connectivity index (χ1) is 13.7. The lowest BCUT2D eigenvalue weighted by atomic mass is 9.97. The van der Waals surface area contributed by atoms with Crippen LogP contribution in [0.1, 0.15) is 28.8 Å². The van der Waals surface area contributed by atoms with Gasteiger partial charge < -0.3 is 0 Å². The van der Waals surface area contributed by atoms with E-state index in [4.69, 9.17) is 0 Å². The highest BCUT2D eigenvalue weighted by Crippen LogP contribution is 2.30. The molecule has 28 heavy (non-hydrogen) atoms. The summed E-state index contributed by atoms with van der Waals surface area (Å²) in [6.07, 6.45) is 0.834. The molecule has 0 fully saturated rings. The third-order valence-electron chi connectivity index (χ3n) is 4.76. The maximum Gasteiger partial charge on any atom is 0.205 e. The fourth-order valence-electron chi connectivity index (χ4n) is 3.25. The van der Waals surface area contributed by atoms with Gasteiger partial charge in [-0.15, -0.1) is 10.2 Å². The highest BCUT2D eigenvalue weighted by atomic mass is 16.1. The molecule has 1 unspecified atom stereocenters. The Hall–Kier alpha value is -3.60. The molecule has 0 aliphatic rings. The summed E-state index contributed by atoms with van der Waals surface area (Å²) in [6.45, 7) is 2.77.